The zero-order valence-corrected chi connectivity index (χ0v) is 6.25. The normalized spacial score (nSPS) is 6.80. The van der Waals surface area contributed by atoms with Gasteiger partial charge < -0.3 is 10.5 Å². The van der Waals surface area contributed by atoms with Gasteiger partial charge in [0.05, 0.1) is 13.2 Å². The van der Waals surface area contributed by atoms with Gasteiger partial charge >= 0.3 is 0 Å². The largest absolute Gasteiger partial charge is 0.405 e. The van der Waals surface area contributed by atoms with Crippen LogP contribution in [0.1, 0.15) is 0 Å². The van der Waals surface area contributed by atoms with Crippen LogP contribution < -0.4 is 5.73 Å². The third-order valence-corrected chi connectivity index (χ3v) is 0.471. The topological polar surface area (TPSA) is 35.2 Å². The fourth-order valence-corrected chi connectivity index (χ4v) is 0.235. The molecule has 0 atom stereocenters. The molecule has 0 heterocycles. The standard InChI is InChI=1S/C6H10O.C2H5N/c1-3-5-7-6-4-2;1-2-3/h3-4H,1-2,5-6H2;2H,1,3H2. The molecule has 58 valence electrons. The van der Waals surface area contributed by atoms with Gasteiger partial charge in [-0.2, -0.15) is 0 Å². The van der Waals surface area contributed by atoms with Crippen molar-refractivity contribution >= 4 is 0 Å². The smallest absolute Gasteiger partial charge is 0.0649 e. The first-order valence-electron chi connectivity index (χ1n) is 2.95. The minimum atomic E-state index is 0.617. The Kier molecular flexibility index (Phi) is 18.4. The number of rotatable bonds is 4. The molecule has 0 amide bonds. The summed E-state index contributed by atoms with van der Waals surface area (Å²) < 4.78 is 4.90. The van der Waals surface area contributed by atoms with E-state index in [2.05, 4.69) is 25.5 Å². The highest BCUT2D eigenvalue weighted by Gasteiger charge is 1.70. The zero-order valence-electron chi connectivity index (χ0n) is 6.25. The average molecular weight is 141 g/mol. The lowest BCUT2D eigenvalue weighted by Gasteiger charge is -1.89. The van der Waals surface area contributed by atoms with E-state index in [0.717, 1.165) is 0 Å². The van der Waals surface area contributed by atoms with Gasteiger partial charge in [0.25, 0.3) is 0 Å². The second-order valence-corrected chi connectivity index (χ2v) is 1.35. The maximum absolute atomic E-state index is 4.90. The summed E-state index contributed by atoms with van der Waals surface area (Å²) in [6, 6.07) is 0. The molecule has 0 bridgehead atoms. The number of hydrogen-bond acceptors (Lipinski definition) is 2. The number of nitrogens with two attached hydrogens (primary N) is 1. The molecule has 2 N–H and O–H groups in total. The summed E-state index contributed by atoms with van der Waals surface area (Å²) in [5.41, 5.74) is 4.61. The van der Waals surface area contributed by atoms with Crippen molar-refractivity contribution in [3.63, 3.8) is 0 Å². The molecule has 0 aliphatic rings. The van der Waals surface area contributed by atoms with Crippen LogP contribution in [-0.2, 0) is 4.74 Å². The van der Waals surface area contributed by atoms with Crippen molar-refractivity contribution in [3.05, 3.63) is 38.1 Å². The molecule has 0 aromatic heterocycles. The van der Waals surface area contributed by atoms with Crippen LogP contribution in [0.15, 0.2) is 38.1 Å². The molecule has 0 radical (unpaired) electrons. The van der Waals surface area contributed by atoms with E-state index in [1.807, 2.05) is 0 Å². The molecular formula is C8H15NO. The molecule has 0 spiro atoms. The molecule has 0 fully saturated rings. The molecule has 0 unspecified atom stereocenters. The highest BCUT2D eigenvalue weighted by molar-refractivity contribution is 4.68. The van der Waals surface area contributed by atoms with E-state index in [1.54, 1.807) is 12.2 Å². The van der Waals surface area contributed by atoms with Gasteiger partial charge in [-0.25, -0.2) is 0 Å². The van der Waals surface area contributed by atoms with Crippen LogP contribution in [0.4, 0.5) is 0 Å². The van der Waals surface area contributed by atoms with Gasteiger partial charge in [0.2, 0.25) is 0 Å². The van der Waals surface area contributed by atoms with Crippen molar-refractivity contribution < 1.29 is 4.74 Å². The summed E-state index contributed by atoms with van der Waals surface area (Å²) in [6.07, 6.45) is 4.67. The van der Waals surface area contributed by atoms with Crippen LogP contribution in [0.2, 0.25) is 0 Å². The van der Waals surface area contributed by atoms with Crippen molar-refractivity contribution in [2.24, 2.45) is 5.73 Å². The van der Waals surface area contributed by atoms with Crippen molar-refractivity contribution in [2.45, 2.75) is 0 Å². The summed E-state index contributed by atoms with van der Waals surface area (Å²) in [5.74, 6) is 0. The summed E-state index contributed by atoms with van der Waals surface area (Å²) >= 11 is 0. The van der Waals surface area contributed by atoms with E-state index in [1.165, 1.54) is 6.20 Å². The van der Waals surface area contributed by atoms with Gasteiger partial charge in [-0.05, 0) is 6.20 Å². The summed E-state index contributed by atoms with van der Waals surface area (Å²) in [7, 11) is 0. The van der Waals surface area contributed by atoms with E-state index in [4.69, 9.17) is 4.74 Å². The quantitative estimate of drug-likeness (QED) is 0.475. The van der Waals surface area contributed by atoms with Gasteiger partial charge in [0, 0.05) is 0 Å². The van der Waals surface area contributed by atoms with Crippen LogP contribution in [0, 0.1) is 0 Å². The van der Waals surface area contributed by atoms with E-state index in [0.29, 0.717) is 13.2 Å². The van der Waals surface area contributed by atoms with Gasteiger partial charge in [-0.1, -0.05) is 18.7 Å². The molecule has 0 aliphatic carbocycles. The molecule has 2 nitrogen and oxygen atoms in total. The first kappa shape index (κ1) is 11.7. The number of hydrogen-bond donors (Lipinski definition) is 1. The first-order valence-corrected chi connectivity index (χ1v) is 2.95. The van der Waals surface area contributed by atoms with Gasteiger partial charge in [0.1, 0.15) is 0 Å². The number of ether oxygens (including phenoxy) is 1. The Labute approximate surface area is 62.7 Å². The van der Waals surface area contributed by atoms with Gasteiger partial charge in [0.15, 0.2) is 0 Å². The predicted octanol–water partition coefficient (Wildman–Crippen LogP) is 1.46. The van der Waals surface area contributed by atoms with Crippen LogP contribution in [0.5, 0.6) is 0 Å². The molecule has 0 aromatic carbocycles. The zero-order chi connectivity index (χ0) is 8.24. The molecule has 10 heavy (non-hydrogen) atoms. The SMILES string of the molecule is C=CCOCC=C.C=CN. The Hall–Kier alpha value is -1.02. The summed E-state index contributed by atoms with van der Waals surface area (Å²) in [6.45, 7) is 11.3. The predicted molar refractivity (Wildman–Crippen MR) is 45.6 cm³/mol. The van der Waals surface area contributed by atoms with Crippen molar-refractivity contribution in [3.8, 4) is 0 Å². The van der Waals surface area contributed by atoms with Crippen LogP contribution >= 0.6 is 0 Å². The third-order valence-electron chi connectivity index (χ3n) is 0.471. The van der Waals surface area contributed by atoms with Crippen LogP contribution in [0.25, 0.3) is 0 Å². The van der Waals surface area contributed by atoms with Crippen molar-refractivity contribution in [1.29, 1.82) is 0 Å². The Morgan fingerprint density at radius 2 is 1.40 bits per heavy atom. The fourth-order valence-electron chi connectivity index (χ4n) is 0.235. The van der Waals surface area contributed by atoms with Crippen LogP contribution in [-0.4, -0.2) is 13.2 Å². The van der Waals surface area contributed by atoms with Crippen LogP contribution in [0.3, 0.4) is 0 Å². The van der Waals surface area contributed by atoms with E-state index in [9.17, 15) is 0 Å². The van der Waals surface area contributed by atoms with Gasteiger partial charge in [-0.3, -0.25) is 0 Å². The second kappa shape index (κ2) is 15.7. The fraction of sp³-hybridized carbons (Fsp3) is 0.250. The van der Waals surface area contributed by atoms with Crippen molar-refractivity contribution in [2.75, 3.05) is 13.2 Å². The lowest BCUT2D eigenvalue weighted by Crippen LogP contribution is -1.87. The summed E-state index contributed by atoms with van der Waals surface area (Å²) in [5, 5.41) is 0. The second-order valence-electron chi connectivity index (χ2n) is 1.35. The minimum Gasteiger partial charge on any atom is -0.405 e. The van der Waals surface area contributed by atoms with Crippen molar-refractivity contribution in [1.82, 2.24) is 0 Å². The molecule has 0 saturated carbocycles. The Balaban J connectivity index is 0. The lowest BCUT2D eigenvalue weighted by atomic mass is 10.6. The van der Waals surface area contributed by atoms with Gasteiger partial charge in [-0.15, -0.1) is 13.2 Å². The average Bonchev–Trinajstić information content (AvgIpc) is 1.91. The highest BCUT2D eigenvalue weighted by Crippen LogP contribution is 1.72. The highest BCUT2D eigenvalue weighted by atomic mass is 16.5. The lowest BCUT2D eigenvalue weighted by molar-refractivity contribution is 0.194. The molecule has 2 heteroatoms. The Bertz CT molecular complexity index is 81.3. The molecule has 0 aromatic rings. The Morgan fingerprint density at radius 3 is 1.60 bits per heavy atom. The maximum Gasteiger partial charge on any atom is 0.0649 e. The van der Waals surface area contributed by atoms with E-state index >= 15 is 0 Å². The molecule has 0 aliphatic heterocycles. The molecular weight excluding hydrogens is 126 g/mol. The molecule has 0 saturated heterocycles. The summed E-state index contributed by atoms with van der Waals surface area (Å²) in [4.78, 5) is 0. The van der Waals surface area contributed by atoms with E-state index in [-0.39, 0.29) is 0 Å². The Morgan fingerprint density at radius 1 is 1.10 bits per heavy atom. The maximum atomic E-state index is 4.90. The minimum absolute atomic E-state index is 0.617. The molecule has 0 rings (SSSR count). The monoisotopic (exact) mass is 141 g/mol. The third kappa shape index (κ3) is 28.1. The first-order chi connectivity index (χ1) is 4.83. The van der Waals surface area contributed by atoms with E-state index < -0.39 is 0 Å².